The molecule has 2 heterocycles. The van der Waals surface area contributed by atoms with Gasteiger partial charge in [-0.3, -0.25) is 4.68 Å². The van der Waals surface area contributed by atoms with Gasteiger partial charge in [-0.1, -0.05) is 0 Å². The highest BCUT2D eigenvalue weighted by Crippen LogP contribution is 2.07. The van der Waals surface area contributed by atoms with Gasteiger partial charge >= 0.3 is 0 Å². The molecule has 8 nitrogen and oxygen atoms in total. The minimum atomic E-state index is -3.56. The fourth-order valence-corrected chi connectivity index (χ4v) is 2.57. The van der Waals surface area contributed by atoms with E-state index in [0.29, 0.717) is 12.4 Å². The topological polar surface area (TPSA) is 93.8 Å². The molecular formula is C11H18N6O2S. The van der Waals surface area contributed by atoms with Crippen molar-refractivity contribution >= 4 is 10.0 Å². The van der Waals surface area contributed by atoms with E-state index in [1.165, 1.54) is 12.4 Å². The molecule has 2 aromatic heterocycles. The van der Waals surface area contributed by atoms with Gasteiger partial charge in [0.25, 0.3) is 0 Å². The number of hydrogen-bond donors (Lipinski definition) is 2. The number of nitrogens with one attached hydrogen (secondary N) is 2. The minimum absolute atomic E-state index is 0.146. The molecule has 2 rings (SSSR count). The summed E-state index contributed by atoms with van der Waals surface area (Å²) in [5.41, 5.74) is 0. The molecule has 0 aliphatic carbocycles. The maximum Gasteiger partial charge on any atom is 0.244 e. The highest BCUT2D eigenvalue weighted by molar-refractivity contribution is 7.89. The Bertz CT molecular complexity index is 660. The quantitative estimate of drug-likeness (QED) is 0.706. The van der Waals surface area contributed by atoms with Gasteiger partial charge in [-0.2, -0.15) is 5.10 Å². The van der Waals surface area contributed by atoms with E-state index in [9.17, 15) is 8.42 Å². The maximum atomic E-state index is 12.1. The molecule has 0 unspecified atom stereocenters. The van der Waals surface area contributed by atoms with E-state index in [4.69, 9.17) is 0 Å². The van der Waals surface area contributed by atoms with Crippen LogP contribution in [0.15, 0.2) is 29.7 Å². The first kappa shape index (κ1) is 14.7. The predicted octanol–water partition coefficient (Wildman–Crippen LogP) is -0.685. The normalized spacial score (nSPS) is 11.9. The van der Waals surface area contributed by atoms with Gasteiger partial charge < -0.3 is 9.88 Å². The van der Waals surface area contributed by atoms with Crippen molar-refractivity contribution < 1.29 is 8.42 Å². The Balaban J connectivity index is 2.03. The second kappa shape index (κ2) is 6.16. The van der Waals surface area contributed by atoms with Crippen LogP contribution in [0.5, 0.6) is 0 Å². The van der Waals surface area contributed by atoms with Crippen molar-refractivity contribution in [2.75, 3.05) is 13.6 Å². The van der Waals surface area contributed by atoms with Crippen LogP contribution < -0.4 is 10.0 Å². The molecule has 0 aromatic carbocycles. The summed E-state index contributed by atoms with van der Waals surface area (Å²) in [7, 11) is 0.0765. The van der Waals surface area contributed by atoms with Crippen molar-refractivity contribution in [3.8, 4) is 0 Å². The lowest BCUT2D eigenvalue weighted by Gasteiger charge is -2.04. The number of sulfonamides is 1. The third-order valence-electron chi connectivity index (χ3n) is 2.85. The van der Waals surface area contributed by atoms with E-state index in [2.05, 4.69) is 20.1 Å². The summed E-state index contributed by atoms with van der Waals surface area (Å²) in [5, 5.41) is 7.00. The van der Waals surface area contributed by atoms with Gasteiger partial charge in [0.2, 0.25) is 10.0 Å². The van der Waals surface area contributed by atoms with Crippen LogP contribution >= 0.6 is 0 Å². The van der Waals surface area contributed by atoms with Crippen molar-refractivity contribution in [3.63, 3.8) is 0 Å². The van der Waals surface area contributed by atoms with Crippen LogP contribution in [-0.4, -0.2) is 41.3 Å². The molecule has 0 saturated carbocycles. The molecule has 0 fully saturated rings. The van der Waals surface area contributed by atoms with E-state index >= 15 is 0 Å². The average Bonchev–Trinajstić information content (AvgIpc) is 3.03. The van der Waals surface area contributed by atoms with Gasteiger partial charge in [-0.05, 0) is 7.05 Å². The fourth-order valence-electron chi connectivity index (χ4n) is 1.64. The number of aryl methyl sites for hydroxylation is 1. The first-order chi connectivity index (χ1) is 9.53. The Morgan fingerprint density at radius 3 is 2.85 bits per heavy atom. The summed E-state index contributed by atoms with van der Waals surface area (Å²) in [6.07, 6.45) is 6.24. The van der Waals surface area contributed by atoms with Crippen molar-refractivity contribution in [2.45, 2.75) is 18.0 Å². The molecular weight excluding hydrogens is 280 g/mol. The van der Waals surface area contributed by atoms with Crippen LogP contribution in [0.3, 0.4) is 0 Å². The van der Waals surface area contributed by atoms with Crippen molar-refractivity contribution in [2.24, 2.45) is 7.05 Å². The lowest BCUT2D eigenvalue weighted by molar-refractivity contribution is 0.573. The van der Waals surface area contributed by atoms with Crippen molar-refractivity contribution in [1.82, 2.24) is 29.4 Å². The van der Waals surface area contributed by atoms with E-state index < -0.39 is 10.0 Å². The monoisotopic (exact) mass is 298 g/mol. The number of hydrogen-bond acceptors (Lipinski definition) is 5. The smallest absolute Gasteiger partial charge is 0.244 e. The molecule has 20 heavy (non-hydrogen) atoms. The van der Waals surface area contributed by atoms with Gasteiger partial charge in [-0.15, -0.1) is 0 Å². The van der Waals surface area contributed by atoms with E-state index in [1.807, 2.05) is 14.1 Å². The highest BCUT2D eigenvalue weighted by Gasteiger charge is 2.16. The molecule has 0 aliphatic heterocycles. The van der Waals surface area contributed by atoms with Gasteiger partial charge in [0.05, 0.1) is 19.3 Å². The second-order valence-electron chi connectivity index (χ2n) is 4.32. The molecule has 0 aliphatic rings. The van der Waals surface area contributed by atoms with Crippen LogP contribution in [0.2, 0.25) is 0 Å². The minimum Gasteiger partial charge on any atom is -0.337 e. The molecule has 2 aromatic rings. The van der Waals surface area contributed by atoms with Crippen molar-refractivity contribution in [1.29, 1.82) is 0 Å². The molecule has 0 atom stereocenters. The fraction of sp³-hybridized carbons (Fsp3) is 0.455. The van der Waals surface area contributed by atoms with Crippen molar-refractivity contribution in [3.05, 3.63) is 30.6 Å². The Morgan fingerprint density at radius 2 is 2.20 bits per heavy atom. The standard InChI is InChI=1S/C11H18N6O2S/c1-12-3-6-17-9-10(7-14-17)20(18,19)15-8-11-13-4-5-16(11)2/h4-5,7,9,12,15H,3,6,8H2,1-2H3. The average molecular weight is 298 g/mol. The van der Waals surface area contributed by atoms with Gasteiger partial charge in [-0.25, -0.2) is 18.1 Å². The van der Waals surface area contributed by atoms with E-state index in [0.717, 1.165) is 6.54 Å². The molecule has 0 saturated heterocycles. The second-order valence-corrected chi connectivity index (χ2v) is 6.09. The first-order valence-corrected chi connectivity index (χ1v) is 7.64. The van der Waals surface area contributed by atoms with Crippen LogP contribution in [0.4, 0.5) is 0 Å². The summed E-state index contributed by atoms with van der Waals surface area (Å²) in [6, 6.07) is 0. The lowest BCUT2D eigenvalue weighted by Crippen LogP contribution is -2.24. The zero-order chi connectivity index (χ0) is 14.6. The molecule has 0 radical (unpaired) electrons. The Labute approximate surface area is 117 Å². The van der Waals surface area contributed by atoms with Gasteiger partial charge in [0.15, 0.2) is 0 Å². The summed E-state index contributed by atoms with van der Waals surface area (Å²) in [6.45, 7) is 1.49. The largest absolute Gasteiger partial charge is 0.337 e. The van der Waals surface area contributed by atoms with E-state index in [1.54, 1.807) is 21.6 Å². The lowest BCUT2D eigenvalue weighted by atomic mass is 10.6. The zero-order valence-electron chi connectivity index (χ0n) is 11.4. The Kier molecular flexibility index (Phi) is 4.53. The Morgan fingerprint density at radius 1 is 1.40 bits per heavy atom. The summed E-state index contributed by atoms with van der Waals surface area (Å²) in [5.74, 6) is 0.649. The predicted molar refractivity (Wildman–Crippen MR) is 73.4 cm³/mol. The molecule has 0 amide bonds. The summed E-state index contributed by atoms with van der Waals surface area (Å²) in [4.78, 5) is 4.22. The third-order valence-corrected chi connectivity index (χ3v) is 4.21. The first-order valence-electron chi connectivity index (χ1n) is 6.16. The number of nitrogens with zero attached hydrogens (tertiary/aromatic N) is 4. The van der Waals surface area contributed by atoms with Crippen LogP contribution in [-0.2, 0) is 30.2 Å². The summed E-state index contributed by atoms with van der Waals surface area (Å²) < 4.78 is 30.1. The molecule has 2 N–H and O–H groups in total. The molecule has 110 valence electrons. The number of aromatic nitrogens is 4. The van der Waals surface area contributed by atoms with Crippen LogP contribution in [0, 0.1) is 0 Å². The van der Waals surface area contributed by atoms with Gasteiger partial charge in [0.1, 0.15) is 10.7 Å². The summed E-state index contributed by atoms with van der Waals surface area (Å²) >= 11 is 0. The molecule has 9 heteroatoms. The molecule has 0 bridgehead atoms. The van der Waals surface area contributed by atoms with E-state index in [-0.39, 0.29) is 11.4 Å². The zero-order valence-corrected chi connectivity index (χ0v) is 12.3. The SMILES string of the molecule is CNCCn1cc(S(=O)(=O)NCc2nccn2C)cn1. The number of rotatable bonds is 7. The number of imidazole rings is 1. The highest BCUT2D eigenvalue weighted by atomic mass is 32.2. The maximum absolute atomic E-state index is 12.1. The third kappa shape index (κ3) is 3.44. The van der Waals surface area contributed by atoms with Crippen LogP contribution in [0.25, 0.3) is 0 Å². The van der Waals surface area contributed by atoms with Gasteiger partial charge in [0, 0.05) is 32.2 Å². The molecule has 0 spiro atoms. The number of likely N-dealkylation sites (N-methyl/N-ethyl adjacent to an activating group) is 1. The van der Waals surface area contributed by atoms with Crippen LogP contribution in [0.1, 0.15) is 5.82 Å². The Hall–Kier alpha value is -1.71.